The minimum absolute atomic E-state index is 0.0196. The van der Waals surface area contributed by atoms with Crippen LogP contribution < -0.4 is 10.0 Å². The molecule has 6 nitrogen and oxygen atoms in total. The second-order valence-electron chi connectivity index (χ2n) is 5.19. The van der Waals surface area contributed by atoms with Crippen LogP contribution in [0.25, 0.3) is 4.96 Å². The predicted molar refractivity (Wildman–Crippen MR) is 91.0 cm³/mol. The van der Waals surface area contributed by atoms with Gasteiger partial charge in [-0.25, -0.2) is 18.1 Å². The second kappa shape index (κ2) is 6.40. The summed E-state index contributed by atoms with van der Waals surface area (Å²) < 4.78 is 28.2. The lowest BCUT2D eigenvalue weighted by Gasteiger charge is -2.15. The molecule has 0 saturated carbocycles. The third-order valence-corrected chi connectivity index (χ3v) is 5.93. The lowest BCUT2D eigenvalue weighted by molar-refractivity contribution is 0.563. The summed E-state index contributed by atoms with van der Waals surface area (Å²) in [5.41, 5.74) is 2.00. The Morgan fingerprint density at radius 1 is 1.39 bits per heavy atom. The summed E-state index contributed by atoms with van der Waals surface area (Å²) >= 11 is 1.60. The molecule has 0 fully saturated rings. The van der Waals surface area contributed by atoms with E-state index in [9.17, 15) is 8.42 Å². The molecule has 1 unspecified atom stereocenters. The van der Waals surface area contributed by atoms with Gasteiger partial charge in [-0.1, -0.05) is 12.1 Å². The molecule has 0 radical (unpaired) electrons. The summed E-state index contributed by atoms with van der Waals surface area (Å²) in [6, 6.07) is 6.98. The van der Waals surface area contributed by atoms with E-state index in [-0.39, 0.29) is 10.9 Å². The molecule has 0 bridgehead atoms. The third-order valence-electron chi connectivity index (χ3n) is 3.75. The molecule has 0 saturated heterocycles. The number of imidazole rings is 1. The molecule has 3 aromatic rings. The molecule has 0 amide bonds. The van der Waals surface area contributed by atoms with Crippen LogP contribution in [0.3, 0.4) is 0 Å². The maximum absolute atomic E-state index is 11.9. The smallest absolute Gasteiger partial charge is 0.240 e. The Morgan fingerprint density at radius 2 is 2.22 bits per heavy atom. The van der Waals surface area contributed by atoms with E-state index in [0.717, 1.165) is 16.2 Å². The average molecular weight is 350 g/mol. The first-order chi connectivity index (χ1) is 11.0. The zero-order valence-corrected chi connectivity index (χ0v) is 14.5. The van der Waals surface area contributed by atoms with E-state index in [1.54, 1.807) is 29.5 Å². The number of benzene rings is 1. The first-order valence-corrected chi connectivity index (χ1v) is 9.54. The molecule has 122 valence electrons. The lowest BCUT2D eigenvalue weighted by atomic mass is 10.1. The molecule has 8 heteroatoms. The monoisotopic (exact) mass is 350 g/mol. The summed E-state index contributed by atoms with van der Waals surface area (Å²) in [6.07, 6.45) is 3.85. The molecule has 1 atom stereocenters. The van der Waals surface area contributed by atoms with Crippen molar-refractivity contribution >= 4 is 26.3 Å². The highest BCUT2D eigenvalue weighted by atomic mass is 32.2. The lowest BCUT2D eigenvalue weighted by Crippen LogP contribution is -2.21. The van der Waals surface area contributed by atoms with E-state index in [4.69, 9.17) is 0 Å². The maximum Gasteiger partial charge on any atom is 0.240 e. The van der Waals surface area contributed by atoms with Crippen molar-refractivity contribution in [1.29, 1.82) is 0 Å². The fourth-order valence-electron chi connectivity index (χ4n) is 2.35. The number of nitrogens with zero attached hydrogens (tertiary/aromatic N) is 2. The second-order valence-corrected chi connectivity index (χ2v) is 7.95. The molecule has 2 heterocycles. The van der Waals surface area contributed by atoms with Crippen LogP contribution in [-0.2, 0) is 16.6 Å². The van der Waals surface area contributed by atoms with Gasteiger partial charge in [-0.3, -0.25) is 4.40 Å². The van der Waals surface area contributed by atoms with Crippen LogP contribution in [0.1, 0.15) is 24.2 Å². The van der Waals surface area contributed by atoms with Crippen LogP contribution in [-0.4, -0.2) is 24.9 Å². The van der Waals surface area contributed by atoms with Gasteiger partial charge in [-0.2, -0.15) is 0 Å². The summed E-state index contributed by atoms with van der Waals surface area (Å²) in [4.78, 5) is 5.58. The number of thiazole rings is 1. The first-order valence-electron chi connectivity index (χ1n) is 7.17. The predicted octanol–water partition coefficient (Wildman–Crippen LogP) is 2.15. The van der Waals surface area contributed by atoms with Crippen molar-refractivity contribution in [2.24, 2.45) is 0 Å². The van der Waals surface area contributed by atoms with E-state index in [1.165, 1.54) is 7.05 Å². The fraction of sp³-hybridized carbons (Fsp3) is 0.267. The number of sulfonamides is 1. The largest absolute Gasteiger partial charge is 0.305 e. The standard InChI is InChI=1S/C15H18N4O2S2/c1-11(12-4-3-5-14(8-12)23(20,21)16-2)17-9-13-10-18-15-19(13)6-7-22-15/h3-8,10-11,16-17H,9H2,1-2H3. The van der Waals surface area contributed by atoms with Crippen molar-refractivity contribution in [1.82, 2.24) is 19.4 Å². The van der Waals surface area contributed by atoms with Crippen LogP contribution in [0.5, 0.6) is 0 Å². The van der Waals surface area contributed by atoms with Crippen molar-refractivity contribution in [3.63, 3.8) is 0 Å². The van der Waals surface area contributed by atoms with Gasteiger partial charge in [0.15, 0.2) is 4.96 Å². The molecular weight excluding hydrogens is 332 g/mol. The van der Waals surface area contributed by atoms with Gasteiger partial charge in [0.05, 0.1) is 16.8 Å². The van der Waals surface area contributed by atoms with Crippen molar-refractivity contribution in [2.75, 3.05) is 7.05 Å². The van der Waals surface area contributed by atoms with Crippen LogP contribution >= 0.6 is 11.3 Å². The summed E-state index contributed by atoms with van der Waals surface area (Å²) in [7, 11) is -2.01. The van der Waals surface area contributed by atoms with Gasteiger partial charge in [0, 0.05) is 24.2 Å². The van der Waals surface area contributed by atoms with E-state index in [1.807, 2.05) is 35.2 Å². The van der Waals surface area contributed by atoms with Crippen LogP contribution in [0, 0.1) is 0 Å². The number of fused-ring (bicyclic) bond motifs is 1. The Kier molecular flexibility index (Phi) is 4.49. The van der Waals surface area contributed by atoms with Gasteiger partial charge in [0.1, 0.15) is 0 Å². The Balaban J connectivity index is 1.75. The van der Waals surface area contributed by atoms with Gasteiger partial charge in [0.2, 0.25) is 10.0 Å². The van der Waals surface area contributed by atoms with Gasteiger partial charge >= 0.3 is 0 Å². The molecule has 23 heavy (non-hydrogen) atoms. The molecule has 0 aliphatic heterocycles. The Hall–Kier alpha value is -1.74. The molecule has 3 rings (SSSR count). The minimum Gasteiger partial charge on any atom is -0.305 e. The summed E-state index contributed by atoms with van der Waals surface area (Å²) in [5, 5.41) is 5.41. The van der Waals surface area contributed by atoms with Crippen molar-refractivity contribution in [3.05, 3.63) is 53.3 Å². The highest BCUT2D eigenvalue weighted by Gasteiger charge is 2.14. The van der Waals surface area contributed by atoms with Gasteiger partial charge < -0.3 is 5.32 Å². The minimum atomic E-state index is -3.42. The fourth-order valence-corrected chi connectivity index (χ4v) is 3.85. The Bertz CT molecular complexity index is 914. The van der Waals surface area contributed by atoms with Crippen molar-refractivity contribution in [3.8, 4) is 0 Å². The molecule has 0 aliphatic carbocycles. The average Bonchev–Trinajstić information content (AvgIpc) is 3.16. The van der Waals surface area contributed by atoms with Crippen molar-refractivity contribution < 1.29 is 8.42 Å². The van der Waals surface area contributed by atoms with E-state index < -0.39 is 10.0 Å². The van der Waals surface area contributed by atoms with Crippen LogP contribution in [0.15, 0.2) is 46.9 Å². The summed E-state index contributed by atoms with van der Waals surface area (Å²) in [6.45, 7) is 2.67. The Morgan fingerprint density at radius 3 is 3.00 bits per heavy atom. The number of rotatable bonds is 6. The molecule has 0 spiro atoms. The molecule has 2 N–H and O–H groups in total. The quantitative estimate of drug-likeness (QED) is 0.714. The zero-order chi connectivity index (χ0) is 16.4. The van der Waals surface area contributed by atoms with Gasteiger partial charge in [-0.15, -0.1) is 11.3 Å². The Labute approximate surface area is 139 Å². The van der Waals surface area contributed by atoms with Gasteiger partial charge in [-0.05, 0) is 31.7 Å². The summed E-state index contributed by atoms with van der Waals surface area (Å²) in [5.74, 6) is 0. The molecular formula is C15H18N4O2S2. The molecule has 0 aliphatic rings. The van der Waals surface area contributed by atoms with E-state index in [2.05, 4.69) is 15.0 Å². The highest BCUT2D eigenvalue weighted by Crippen LogP contribution is 2.18. The first kappa shape index (κ1) is 16.1. The van der Waals surface area contributed by atoms with Crippen molar-refractivity contribution in [2.45, 2.75) is 24.4 Å². The topological polar surface area (TPSA) is 75.5 Å². The SMILES string of the molecule is CNS(=O)(=O)c1cccc(C(C)NCc2cnc3sccn23)c1. The van der Waals surface area contributed by atoms with Gasteiger partial charge in [0.25, 0.3) is 0 Å². The molecule has 2 aromatic heterocycles. The highest BCUT2D eigenvalue weighted by molar-refractivity contribution is 7.89. The molecule has 1 aromatic carbocycles. The van der Waals surface area contributed by atoms with Crippen LogP contribution in [0.4, 0.5) is 0 Å². The van der Waals surface area contributed by atoms with E-state index >= 15 is 0 Å². The number of hydrogen-bond donors (Lipinski definition) is 2. The van der Waals surface area contributed by atoms with E-state index in [0.29, 0.717) is 6.54 Å². The van der Waals surface area contributed by atoms with Crippen LogP contribution in [0.2, 0.25) is 0 Å². The zero-order valence-electron chi connectivity index (χ0n) is 12.9. The normalized spacial score (nSPS) is 13.5. The maximum atomic E-state index is 11.9. The third kappa shape index (κ3) is 3.30. The number of nitrogens with one attached hydrogen (secondary N) is 2. The number of hydrogen-bond acceptors (Lipinski definition) is 5. The number of aromatic nitrogens is 2.